The van der Waals surface area contributed by atoms with E-state index in [1.807, 2.05) is 55.0 Å². The Kier molecular flexibility index (Phi) is 8.48. The van der Waals surface area contributed by atoms with Crippen molar-refractivity contribution in [3.63, 3.8) is 0 Å². The van der Waals surface area contributed by atoms with Crippen LogP contribution in [0.25, 0.3) is 0 Å². The maximum absolute atomic E-state index is 9.93. The average Bonchev–Trinajstić information content (AvgIpc) is 3.03. The summed E-state index contributed by atoms with van der Waals surface area (Å²) in [4.78, 5) is 21.4. The van der Waals surface area contributed by atoms with E-state index in [1.54, 1.807) is 12.1 Å². The Balaban J connectivity index is 1.43. The smallest absolute Gasteiger partial charge is 0.115 e. The van der Waals surface area contributed by atoms with Crippen LogP contribution in [0.2, 0.25) is 0 Å². The molecule has 1 aliphatic heterocycles. The van der Waals surface area contributed by atoms with Crippen molar-refractivity contribution in [3.05, 3.63) is 120 Å². The first kappa shape index (κ1) is 25.0. The number of aromatic hydroxyl groups is 1. The molecule has 0 spiro atoms. The molecular weight excluding hydrogens is 460 g/mol. The molecule has 0 aliphatic carbocycles. The predicted molar refractivity (Wildman–Crippen MR) is 145 cm³/mol. The summed E-state index contributed by atoms with van der Waals surface area (Å²) in [6.07, 6.45) is 5.60. The fourth-order valence-corrected chi connectivity index (χ4v) is 4.94. The van der Waals surface area contributed by atoms with Crippen LogP contribution in [0, 0.1) is 0 Å². The van der Waals surface area contributed by atoms with E-state index in [1.165, 1.54) is 0 Å². The number of hydrogen-bond donors (Lipinski definition) is 1. The number of benzene rings is 1. The number of nitrogens with zero attached hydrogens (tertiary/aromatic N) is 6. The van der Waals surface area contributed by atoms with Crippen molar-refractivity contribution in [2.24, 2.45) is 0 Å². The number of hydrogen-bond acceptors (Lipinski definition) is 7. The van der Waals surface area contributed by atoms with Gasteiger partial charge in [0.1, 0.15) is 5.75 Å². The van der Waals surface area contributed by atoms with Crippen LogP contribution in [0.1, 0.15) is 28.7 Å². The van der Waals surface area contributed by atoms with Crippen LogP contribution in [0.4, 0.5) is 0 Å². The Morgan fingerprint density at radius 1 is 0.595 bits per heavy atom. The summed E-state index contributed by atoms with van der Waals surface area (Å²) in [6.45, 7) is 7.21. The van der Waals surface area contributed by atoms with Crippen molar-refractivity contribution in [1.82, 2.24) is 29.7 Å². The predicted octanol–water partition coefficient (Wildman–Crippen LogP) is 3.99. The summed E-state index contributed by atoms with van der Waals surface area (Å²) >= 11 is 0. The molecule has 0 saturated carbocycles. The van der Waals surface area contributed by atoms with Gasteiger partial charge >= 0.3 is 0 Å². The number of phenols is 1. The Hall–Kier alpha value is -3.65. The zero-order chi connectivity index (χ0) is 25.3. The summed E-state index contributed by atoms with van der Waals surface area (Å²) in [6, 6.07) is 25.9. The monoisotopic (exact) mass is 494 g/mol. The number of aromatic nitrogens is 3. The van der Waals surface area contributed by atoms with Crippen LogP contribution in [0.3, 0.4) is 0 Å². The third kappa shape index (κ3) is 6.98. The first-order valence-corrected chi connectivity index (χ1v) is 12.9. The third-order valence-corrected chi connectivity index (χ3v) is 6.90. The van der Waals surface area contributed by atoms with Crippen LogP contribution in [0.15, 0.2) is 97.5 Å². The maximum atomic E-state index is 9.93. The van der Waals surface area contributed by atoms with E-state index in [0.29, 0.717) is 0 Å². The molecule has 1 atom stereocenters. The molecule has 0 amide bonds. The van der Waals surface area contributed by atoms with Gasteiger partial charge in [-0.15, -0.1) is 0 Å². The van der Waals surface area contributed by atoms with E-state index in [4.69, 9.17) is 4.98 Å². The third-order valence-electron chi connectivity index (χ3n) is 6.90. The largest absolute Gasteiger partial charge is 0.508 e. The zero-order valence-electron chi connectivity index (χ0n) is 21.1. The first-order chi connectivity index (χ1) is 18.2. The molecule has 1 saturated heterocycles. The Labute approximate surface area is 219 Å². The minimum atomic E-state index is -0.00620. The summed E-state index contributed by atoms with van der Waals surface area (Å²) in [5.41, 5.74) is 4.32. The molecule has 7 heteroatoms. The van der Waals surface area contributed by atoms with E-state index in [-0.39, 0.29) is 11.8 Å². The van der Waals surface area contributed by atoms with Crippen molar-refractivity contribution in [2.75, 3.05) is 39.3 Å². The van der Waals surface area contributed by atoms with Gasteiger partial charge in [0.05, 0.1) is 23.1 Å². The number of rotatable bonds is 7. The highest BCUT2D eigenvalue weighted by atomic mass is 16.3. The second-order valence-electron chi connectivity index (χ2n) is 9.48. The minimum absolute atomic E-state index is 0.00620. The van der Waals surface area contributed by atoms with Crippen molar-refractivity contribution in [1.29, 1.82) is 0 Å². The van der Waals surface area contributed by atoms with Gasteiger partial charge in [0, 0.05) is 70.9 Å². The van der Waals surface area contributed by atoms with Crippen LogP contribution in [-0.2, 0) is 13.1 Å². The topological polar surface area (TPSA) is 68.6 Å². The van der Waals surface area contributed by atoms with Crippen LogP contribution >= 0.6 is 0 Å². The minimum Gasteiger partial charge on any atom is -0.508 e. The molecule has 190 valence electrons. The Morgan fingerprint density at radius 2 is 1.11 bits per heavy atom. The van der Waals surface area contributed by atoms with Gasteiger partial charge < -0.3 is 5.11 Å². The molecule has 0 bridgehead atoms. The molecule has 7 nitrogen and oxygen atoms in total. The number of phenolic OH excluding ortho intramolecular Hbond substituents is 1. The van der Waals surface area contributed by atoms with Crippen molar-refractivity contribution in [3.8, 4) is 5.75 Å². The van der Waals surface area contributed by atoms with E-state index in [0.717, 1.165) is 75.0 Å². The molecule has 1 unspecified atom stereocenters. The van der Waals surface area contributed by atoms with Crippen LogP contribution < -0.4 is 0 Å². The highest BCUT2D eigenvalue weighted by Crippen LogP contribution is 2.29. The molecule has 1 N–H and O–H groups in total. The lowest BCUT2D eigenvalue weighted by Gasteiger charge is -2.33. The van der Waals surface area contributed by atoms with E-state index in [9.17, 15) is 5.11 Å². The van der Waals surface area contributed by atoms with Gasteiger partial charge in [-0.25, -0.2) is 0 Å². The molecule has 37 heavy (non-hydrogen) atoms. The van der Waals surface area contributed by atoms with Gasteiger partial charge in [-0.2, -0.15) is 0 Å². The standard InChI is InChI=1S/C30H34N6O/c37-28-12-10-25(11-13-28)30(29-9-3-6-16-33-29)36-21-19-34(23-26-7-1-4-14-31-26)17-18-35(20-22-36)24-27-8-2-5-15-32-27/h1-16,30,37H,17-24H2. The second kappa shape index (κ2) is 12.5. The average molecular weight is 495 g/mol. The normalized spacial score (nSPS) is 17.0. The molecule has 1 aromatic carbocycles. The van der Waals surface area contributed by atoms with Gasteiger partial charge in [-0.05, 0) is 54.1 Å². The first-order valence-electron chi connectivity index (χ1n) is 12.9. The SMILES string of the molecule is Oc1ccc(C(c2ccccn2)N2CCN(Cc3ccccn3)CCN(Cc3ccccn3)CC2)cc1. The van der Waals surface area contributed by atoms with Crippen LogP contribution in [-0.4, -0.2) is 74.0 Å². The molecule has 1 aliphatic rings. The maximum Gasteiger partial charge on any atom is 0.115 e. The fourth-order valence-electron chi connectivity index (χ4n) is 4.94. The molecule has 0 radical (unpaired) electrons. The summed E-state index contributed by atoms with van der Waals surface area (Å²) < 4.78 is 0. The van der Waals surface area contributed by atoms with Gasteiger partial charge in [-0.3, -0.25) is 29.7 Å². The molecule has 5 rings (SSSR count). The molecular formula is C30H34N6O. The fraction of sp³-hybridized carbons (Fsp3) is 0.300. The van der Waals surface area contributed by atoms with Gasteiger partial charge in [-0.1, -0.05) is 30.3 Å². The number of pyridine rings is 3. The molecule has 1 fully saturated rings. The molecule has 4 aromatic rings. The second-order valence-corrected chi connectivity index (χ2v) is 9.48. The lowest BCUT2D eigenvalue weighted by atomic mass is 10.0. The van der Waals surface area contributed by atoms with Crippen molar-refractivity contribution >= 4 is 0 Å². The highest BCUT2D eigenvalue weighted by molar-refractivity contribution is 5.32. The Morgan fingerprint density at radius 3 is 1.59 bits per heavy atom. The quantitative estimate of drug-likeness (QED) is 0.417. The van der Waals surface area contributed by atoms with Crippen molar-refractivity contribution in [2.45, 2.75) is 19.1 Å². The highest BCUT2D eigenvalue weighted by Gasteiger charge is 2.26. The van der Waals surface area contributed by atoms with E-state index >= 15 is 0 Å². The molecule has 4 heterocycles. The van der Waals surface area contributed by atoms with Gasteiger partial charge in [0.25, 0.3) is 0 Å². The lowest BCUT2D eigenvalue weighted by molar-refractivity contribution is 0.179. The van der Waals surface area contributed by atoms with Gasteiger partial charge in [0.2, 0.25) is 0 Å². The van der Waals surface area contributed by atoms with Gasteiger partial charge in [0.15, 0.2) is 0 Å². The zero-order valence-corrected chi connectivity index (χ0v) is 21.1. The van der Waals surface area contributed by atoms with E-state index < -0.39 is 0 Å². The molecule has 3 aromatic heterocycles. The summed E-state index contributed by atoms with van der Waals surface area (Å²) in [7, 11) is 0. The summed E-state index contributed by atoms with van der Waals surface area (Å²) in [5, 5.41) is 9.93. The Bertz CT molecular complexity index is 1150. The van der Waals surface area contributed by atoms with Crippen molar-refractivity contribution < 1.29 is 5.11 Å². The van der Waals surface area contributed by atoms with E-state index in [2.05, 4.69) is 55.0 Å². The lowest BCUT2D eigenvalue weighted by Crippen LogP contribution is -2.39. The van der Waals surface area contributed by atoms with Crippen LogP contribution in [0.5, 0.6) is 5.75 Å². The summed E-state index contributed by atoms with van der Waals surface area (Å²) in [5.74, 6) is 0.274.